The highest BCUT2D eigenvalue weighted by molar-refractivity contribution is 7.17. The molecule has 1 amide bonds. The molecule has 9 heteroatoms. The van der Waals surface area contributed by atoms with Crippen molar-refractivity contribution in [2.24, 2.45) is 0 Å². The zero-order valence-corrected chi connectivity index (χ0v) is 13.4. The van der Waals surface area contributed by atoms with Gasteiger partial charge in [-0.1, -0.05) is 18.2 Å². The van der Waals surface area contributed by atoms with Gasteiger partial charge in [0.1, 0.15) is 17.1 Å². The summed E-state index contributed by atoms with van der Waals surface area (Å²) in [6, 6.07) is 8.86. The van der Waals surface area contributed by atoms with Crippen LogP contribution in [-0.4, -0.2) is 20.4 Å². The number of hydrogen-bond donors (Lipinski definition) is 1. The Labute approximate surface area is 139 Å². The minimum absolute atomic E-state index is 0.0622. The van der Waals surface area contributed by atoms with Crippen LogP contribution in [0.5, 0.6) is 0 Å². The van der Waals surface area contributed by atoms with Crippen LogP contribution in [0.25, 0.3) is 10.2 Å². The van der Waals surface area contributed by atoms with Crippen molar-refractivity contribution in [3.05, 3.63) is 62.0 Å². The molecular weight excluding hydrogens is 332 g/mol. The minimum Gasteiger partial charge on any atom is -0.325 e. The van der Waals surface area contributed by atoms with Crippen LogP contribution in [0, 0.1) is 17.0 Å². The van der Waals surface area contributed by atoms with Crippen LogP contribution in [0.15, 0.2) is 40.5 Å². The largest absolute Gasteiger partial charge is 0.325 e. The molecule has 1 N–H and O–H groups in total. The predicted molar refractivity (Wildman–Crippen MR) is 90.3 cm³/mol. The van der Waals surface area contributed by atoms with Crippen LogP contribution in [0.1, 0.15) is 5.82 Å². The summed E-state index contributed by atoms with van der Waals surface area (Å²) in [7, 11) is 0. The van der Waals surface area contributed by atoms with E-state index in [9.17, 15) is 19.7 Å². The highest BCUT2D eigenvalue weighted by Crippen LogP contribution is 2.27. The number of carbonyl (C=O) groups is 1. The Bertz CT molecular complexity index is 994. The number of nitrogens with zero attached hydrogens (tertiary/aromatic N) is 3. The van der Waals surface area contributed by atoms with Crippen LogP contribution in [0.4, 0.5) is 11.4 Å². The number of amides is 1. The van der Waals surface area contributed by atoms with E-state index in [1.165, 1.54) is 16.9 Å². The second-order valence-corrected chi connectivity index (χ2v) is 5.90. The molecular formula is C15H12N4O4S. The molecule has 0 aliphatic heterocycles. The van der Waals surface area contributed by atoms with Gasteiger partial charge in [-0.2, -0.15) is 0 Å². The number of aryl methyl sites for hydroxylation is 1. The summed E-state index contributed by atoms with van der Waals surface area (Å²) in [6.07, 6.45) is 0. The van der Waals surface area contributed by atoms with Gasteiger partial charge in [-0.3, -0.25) is 24.3 Å². The molecule has 0 saturated carbocycles. The number of nitro groups is 1. The Morgan fingerprint density at radius 3 is 2.75 bits per heavy atom. The van der Waals surface area contributed by atoms with Gasteiger partial charge >= 0.3 is 5.69 Å². The summed E-state index contributed by atoms with van der Waals surface area (Å²) in [6.45, 7) is 1.33. The van der Waals surface area contributed by atoms with Crippen molar-refractivity contribution in [3.63, 3.8) is 0 Å². The summed E-state index contributed by atoms with van der Waals surface area (Å²) >= 11 is 0.954. The SMILES string of the molecule is Cc1nc2c([N+](=O)[O-])csc2c(=O)n1CC(=O)Nc1ccccc1. The molecule has 0 aliphatic rings. The Balaban J connectivity index is 1.94. The van der Waals surface area contributed by atoms with Crippen LogP contribution in [-0.2, 0) is 11.3 Å². The number of aromatic nitrogens is 2. The third-order valence-electron chi connectivity index (χ3n) is 3.41. The molecule has 3 rings (SSSR count). The zero-order chi connectivity index (χ0) is 17.3. The number of carbonyl (C=O) groups excluding carboxylic acids is 1. The maximum Gasteiger partial charge on any atom is 0.306 e. The fourth-order valence-electron chi connectivity index (χ4n) is 2.28. The van der Waals surface area contributed by atoms with Gasteiger partial charge in [0.15, 0.2) is 5.52 Å². The molecule has 3 aromatic rings. The molecule has 0 spiro atoms. The van der Waals surface area contributed by atoms with Gasteiger partial charge in [0.2, 0.25) is 5.91 Å². The third-order valence-corrected chi connectivity index (χ3v) is 4.35. The number of hydrogen-bond acceptors (Lipinski definition) is 6. The fraction of sp³-hybridized carbons (Fsp3) is 0.133. The van der Waals surface area contributed by atoms with Gasteiger partial charge in [-0.15, -0.1) is 11.3 Å². The Morgan fingerprint density at radius 1 is 1.38 bits per heavy atom. The van der Waals surface area contributed by atoms with Gasteiger partial charge in [-0.05, 0) is 19.1 Å². The van der Waals surface area contributed by atoms with Gasteiger partial charge in [0.25, 0.3) is 5.56 Å². The van der Waals surface area contributed by atoms with E-state index in [0.717, 1.165) is 11.3 Å². The lowest BCUT2D eigenvalue weighted by atomic mass is 10.3. The Hall–Kier alpha value is -3.07. The molecule has 0 unspecified atom stereocenters. The van der Waals surface area contributed by atoms with Crippen LogP contribution < -0.4 is 10.9 Å². The lowest BCUT2D eigenvalue weighted by Gasteiger charge is -2.09. The van der Waals surface area contributed by atoms with Gasteiger partial charge in [-0.25, -0.2) is 4.98 Å². The summed E-state index contributed by atoms with van der Waals surface area (Å²) in [5, 5.41) is 14.9. The van der Waals surface area contributed by atoms with Crippen molar-refractivity contribution in [2.75, 3.05) is 5.32 Å². The first-order valence-electron chi connectivity index (χ1n) is 6.95. The molecule has 122 valence electrons. The van der Waals surface area contributed by atoms with Crippen molar-refractivity contribution in [2.45, 2.75) is 13.5 Å². The van der Waals surface area contributed by atoms with Gasteiger partial charge < -0.3 is 5.32 Å². The molecule has 1 aromatic carbocycles. The zero-order valence-electron chi connectivity index (χ0n) is 12.6. The molecule has 0 bridgehead atoms. The van der Waals surface area contributed by atoms with E-state index in [4.69, 9.17) is 0 Å². The summed E-state index contributed by atoms with van der Waals surface area (Å²) in [5.74, 6) is -0.129. The molecule has 2 aromatic heterocycles. The molecule has 2 heterocycles. The fourth-order valence-corrected chi connectivity index (χ4v) is 3.18. The van der Waals surface area contributed by atoms with Gasteiger partial charge in [0, 0.05) is 5.69 Å². The van der Waals surface area contributed by atoms with E-state index < -0.39 is 10.5 Å². The Morgan fingerprint density at radius 2 is 2.08 bits per heavy atom. The first-order chi connectivity index (χ1) is 11.5. The number of rotatable bonds is 4. The lowest BCUT2D eigenvalue weighted by Crippen LogP contribution is -2.29. The average Bonchev–Trinajstić information content (AvgIpc) is 2.96. The standard InChI is InChI=1S/C15H12N4O4S/c1-9-16-13-11(19(22)23)8-24-14(13)15(21)18(9)7-12(20)17-10-5-3-2-4-6-10/h2-6,8H,7H2,1H3,(H,17,20). The number of thiophene rings is 1. The quantitative estimate of drug-likeness (QED) is 0.577. The van der Waals surface area contributed by atoms with Crippen molar-refractivity contribution in [3.8, 4) is 0 Å². The topological polar surface area (TPSA) is 107 Å². The van der Waals surface area contributed by atoms with Crippen LogP contribution in [0.3, 0.4) is 0 Å². The smallest absolute Gasteiger partial charge is 0.306 e. The van der Waals surface area contributed by atoms with Crippen LogP contribution >= 0.6 is 11.3 Å². The summed E-state index contributed by atoms with van der Waals surface area (Å²) in [4.78, 5) is 39.2. The maximum atomic E-state index is 12.5. The Kier molecular flexibility index (Phi) is 4.09. The van der Waals surface area contributed by atoms with E-state index in [-0.39, 0.29) is 34.2 Å². The van der Waals surface area contributed by atoms with E-state index in [1.807, 2.05) is 6.07 Å². The minimum atomic E-state index is -0.572. The van der Waals surface area contributed by atoms with E-state index in [2.05, 4.69) is 10.3 Å². The first kappa shape index (κ1) is 15.8. The molecule has 8 nitrogen and oxygen atoms in total. The lowest BCUT2D eigenvalue weighted by molar-refractivity contribution is -0.382. The monoisotopic (exact) mass is 344 g/mol. The normalized spacial score (nSPS) is 10.7. The van der Waals surface area contributed by atoms with Gasteiger partial charge in [0.05, 0.1) is 10.3 Å². The van der Waals surface area contributed by atoms with Crippen molar-refractivity contribution in [1.82, 2.24) is 9.55 Å². The molecule has 0 aliphatic carbocycles. The summed E-state index contributed by atoms with van der Waals surface area (Å²) < 4.78 is 1.38. The average molecular weight is 344 g/mol. The summed E-state index contributed by atoms with van der Waals surface area (Å²) in [5.41, 5.74) is 0.0242. The number of benzene rings is 1. The molecule has 24 heavy (non-hydrogen) atoms. The second kappa shape index (κ2) is 6.20. The molecule has 0 atom stereocenters. The molecule has 0 radical (unpaired) electrons. The van der Waals surface area contributed by atoms with E-state index in [0.29, 0.717) is 5.69 Å². The van der Waals surface area contributed by atoms with E-state index >= 15 is 0 Å². The first-order valence-corrected chi connectivity index (χ1v) is 7.83. The highest BCUT2D eigenvalue weighted by atomic mass is 32.1. The van der Waals surface area contributed by atoms with Crippen molar-refractivity contribution < 1.29 is 9.72 Å². The van der Waals surface area contributed by atoms with Crippen LogP contribution in [0.2, 0.25) is 0 Å². The van der Waals surface area contributed by atoms with Crippen molar-refractivity contribution >= 4 is 38.8 Å². The highest BCUT2D eigenvalue weighted by Gasteiger charge is 2.21. The molecule has 0 fully saturated rings. The second-order valence-electron chi connectivity index (χ2n) is 5.02. The number of nitrogens with one attached hydrogen (secondary N) is 1. The number of para-hydroxylation sites is 1. The van der Waals surface area contributed by atoms with Crippen molar-refractivity contribution in [1.29, 1.82) is 0 Å². The number of anilines is 1. The number of fused-ring (bicyclic) bond motifs is 1. The maximum absolute atomic E-state index is 12.5. The van der Waals surface area contributed by atoms with E-state index in [1.54, 1.807) is 24.3 Å². The predicted octanol–water partition coefficient (Wildman–Crippen LogP) is 2.31. The third kappa shape index (κ3) is 2.88. The molecule has 0 saturated heterocycles.